The van der Waals surface area contributed by atoms with Crippen LogP contribution in [0.4, 0.5) is 0 Å². The fraction of sp³-hybridized carbons (Fsp3) is 0.667. The van der Waals surface area contributed by atoms with Gasteiger partial charge in [-0.25, -0.2) is 0 Å². The molecule has 3 aliphatic rings. The van der Waals surface area contributed by atoms with Crippen LogP contribution in [0, 0.1) is 0 Å². The highest BCUT2D eigenvalue weighted by atomic mass is 32.2. The van der Waals surface area contributed by atoms with Gasteiger partial charge in [0.2, 0.25) is 0 Å². The standard InChI is InChI=1S/C12H16N2OS/c1-7-11(8(2)15)16-12-13-9-5-3-4-6-10(9)14(7)12/h9-10H,3-6H2,1-2H3/t9-,10+/m0/s1. The number of amidine groups is 1. The highest BCUT2D eigenvalue weighted by molar-refractivity contribution is 8.18. The van der Waals surface area contributed by atoms with Gasteiger partial charge in [-0.05, 0) is 38.5 Å². The average Bonchev–Trinajstić information content (AvgIpc) is 2.75. The quantitative estimate of drug-likeness (QED) is 0.701. The van der Waals surface area contributed by atoms with Crippen LogP contribution < -0.4 is 0 Å². The van der Waals surface area contributed by atoms with Crippen molar-refractivity contribution in [2.24, 2.45) is 4.99 Å². The van der Waals surface area contributed by atoms with E-state index in [9.17, 15) is 4.79 Å². The van der Waals surface area contributed by atoms with E-state index in [1.54, 1.807) is 18.7 Å². The number of nitrogens with zero attached hydrogens (tertiary/aromatic N) is 2. The molecule has 16 heavy (non-hydrogen) atoms. The monoisotopic (exact) mass is 236 g/mol. The van der Waals surface area contributed by atoms with E-state index >= 15 is 0 Å². The van der Waals surface area contributed by atoms with Crippen LogP contribution in [-0.2, 0) is 4.79 Å². The predicted molar refractivity (Wildman–Crippen MR) is 66.3 cm³/mol. The number of Topliss-reactive ketones (excluding diaryl/α,β-unsaturated/α-hetero) is 1. The lowest BCUT2D eigenvalue weighted by Gasteiger charge is -2.31. The summed E-state index contributed by atoms with van der Waals surface area (Å²) in [4.78, 5) is 19.5. The number of ketones is 1. The van der Waals surface area contributed by atoms with E-state index in [1.807, 2.05) is 0 Å². The Bertz CT molecular complexity index is 413. The summed E-state index contributed by atoms with van der Waals surface area (Å²) in [6, 6.07) is 1.02. The molecule has 0 aromatic carbocycles. The molecule has 0 bridgehead atoms. The Morgan fingerprint density at radius 2 is 2.19 bits per heavy atom. The average molecular weight is 236 g/mol. The molecule has 0 amide bonds. The number of hydrogen-bond donors (Lipinski definition) is 0. The summed E-state index contributed by atoms with van der Waals surface area (Å²) in [6.07, 6.45) is 5.04. The fourth-order valence-corrected chi connectivity index (χ4v) is 4.09. The minimum Gasteiger partial charge on any atom is -0.319 e. The van der Waals surface area contributed by atoms with Crippen molar-refractivity contribution in [2.45, 2.75) is 51.6 Å². The molecule has 1 fully saturated rings. The van der Waals surface area contributed by atoms with Crippen molar-refractivity contribution in [2.75, 3.05) is 0 Å². The van der Waals surface area contributed by atoms with Gasteiger partial charge < -0.3 is 4.90 Å². The Labute approximate surface area is 100.0 Å². The summed E-state index contributed by atoms with van der Waals surface area (Å²) in [6.45, 7) is 3.70. The lowest BCUT2D eigenvalue weighted by Crippen LogP contribution is -2.38. The molecule has 0 radical (unpaired) electrons. The minimum atomic E-state index is 0.173. The zero-order valence-electron chi connectivity index (χ0n) is 9.69. The first-order chi connectivity index (χ1) is 7.68. The van der Waals surface area contributed by atoms with E-state index in [-0.39, 0.29) is 5.78 Å². The summed E-state index contributed by atoms with van der Waals surface area (Å²) < 4.78 is 0. The molecule has 0 unspecified atom stereocenters. The van der Waals surface area contributed by atoms with Gasteiger partial charge in [-0.15, -0.1) is 0 Å². The lowest BCUT2D eigenvalue weighted by molar-refractivity contribution is -0.113. The van der Waals surface area contributed by atoms with E-state index in [4.69, 9.17) is 4.99 Å². The van der Waals surface area contributed by atoms with E-state index in [2.05, 4.69) is 11.8 Å². The fourth-order valence-electron chi connectivity index (χ4n) is 2.96. The third-order valence-electron chi connectivity index (χ3n) is 3.71. The highest BCUT2D eigenvalue weighted by Crippen LogP contribution is 2.44. The smallest absolute Gasteiger partial charge is 0.169 e. The first-order valence-electron chi connectivity index (χ1n) is 5.95. The first-order valence-corrected chi connectivity index (χ1v) is 6.77. The van der Waals surface area contributed by atoms with Crippen molar-refractivity contribution in [3.8, 4) is 0 Å². The topological polar surface area (TPSA) is 32.7 Å². The number of thioether (sulfide) groups is 1. The number of aliphatic imine (C=N–C) groups is 1. The van der Waals surface area contributed by atoms with Crippen molar-refractivity contribution in [1.29, 1.82) is 0 Å². The van der Waals surface area contributed by atoms with Crippen LogP contribution in [0.15, 0.2) is 15.6 Å². The summed E-state index contributed by atoms with van der Waals surface area (Å²) in [5.74, 6) is 0.173. The number of fused-ring (bicyclic) bond motifs is 3. The maximum atomic E-state index is 11.5. The second kappa shape index (κ2) is 3.62. The number of carbonyl (C=O) groups excluding carboxylic acids is 1. The van der Waals surface area contributed by atoms with E-state index in [1.165, 1.54) is 25.7 Å². The van der Waals surface area contributed by atoms with Crippen LogP contribution in [0.1, 0.15) is 39.5 Å². The normalized spacial score (nSPS) is 32.6. The molecule has 0 N–H and O–H groups in total. The van der Waals surface area contributed by atoms with E-state index < -0.39 is 0 Å². The van der Waals surface area contributed by atoms with Gasteiger partial charge in [-0.2, -0.15) is 0 Å². The van der Waals surface area contributed by atoms with Crippen LogP contribution in [0.25, 0.3) is 0 Å². The highest BCUT2D eigenvalue weighted by Gasteiger charge is 2.43. The minimum absolute atomic E-state index is 0.173. The molecular formula is C12H16N2OS. The van der Waals surface area contributed by atoms with Crippen LogP contribution >= 0.6 is 11.8 Å². The lowest BCUT2D eigenvalue weighted by atomic mass is 9.90. The second-order valence-electron chi connectivity index (χ2n) is 4.77. The van der Waals surface area contributed by atoms with Crippen LogP contribution in [0.2, 0.25) is 0 Å². The summed E-state index contributed by atoms with van der Waals surface area (Å²) in [5.41, 5.74) is 1.13. The zero-order valence-corrected chi connectivity index (χ0v) is 10.5. The molecule has 0 aromatic heterocycles. The van der Waals surface area contributed by atoms with Crippen LogP contribution in [0.5, 0.6) is 0 Å². The molecule has 86 valence electrons. The van der Waals surface area contributed by atoms with Gasteiger partial charge in [0.05, 0.1) is 17.0 Å². The van der Waals surface area contributed by atoms with Gasteiger partial charge in [0.1, 0.15) is 0 Å². The number of allylic oxidation sites excluding steroid dienone is 2. The summed E-state index contributed by atoms with van der Waals surface area (Å²) in [5, 5.41) is 1.07. The van der Waals surface area contributed by atoms with Gasteiger partial charge in [0.25, 0.3) is 0 Å². The molecule has 2 atom stereocenters. The van der Waals surface area contributed by atoms with Crippen molar-refractivity contribution < 1.29 is 4.79 Å². The molecule has 0 saturated heterocycles. The van der Waals surface area contributed by atoms with Crippen molar-refractivity contribution >= 4 is 22.7 Å². The Morgan fingerprint density at radius 1 is 1.44 bits per heavy atom. The summed E-state index contributed by atoms with van der Waals surface area (Å²) in [7, 11) is 0. The van der Waals surface area contributed by atoms with Crippen molar-refractivity contribution in [1.82, 2.24) is 4.90 Å². The molecule has 2 aliphatic heterocycles. The van der Waals surface area contributed by atoms with Crippen molar-refractivity contribution in [3.63, 3.8) is 0 Å². The zero-order chi connectivity index (χ0) is 11.3. The third kappa shape index (κ3) is 1.35. The Hall–Kier alpha value is -0.770. The Kier molecular flexibility index (Phi) is 2.35. The molecule has 2 heterocycles. The molecule has 0 spiro atoms. The van der Waals surface area contributed by atoms with Gasteiger partial charge in [0, 0.05) is 5.70 Å². The molecule has 0 aromatic rings. The van der Waals surface area contributed by atoms with E-state index in [0.29, 0.717) is 12.1 Å². The van der Waals surface area contributed by atoms with Gasteiger partial charge in [0.15, 0.2) is 11.0 Å². The Balaban J connectivity index is 1.93. The molecular weight excluding hydrogens is 220 g/mol. The number of rotatable bonds is 1. The van der Waals surface area contributed by atoms with Crippen LogP contribution in [0.3, 0.4) is 0 Å². The number of carbonyl (C=O) groups is 1. The van der Waals surface area contributed by atoms with Gasteiger partial charge in [-0.1, -0.05) is 12.8 Å². The van der Waals surface area contributed by atoms with Gasteiger partial charge in [-0.3, -0.25) is 9.79 Å². The Morgan fingerprint density at radius 3 is 2.94 bits per heavy atom. The second-order valence-corrected chi connectivity index (χ2v) is 5.75. The van der Waals surface area contributed by atoms with Crippen LogP contribution in [-0.4, -0.2) is 27.9 Å². The molecule has 3 nitrogen and oxygen atoms in total. The largest absolute Gasteiger partial charge is 0.319 e. The molecule has 4 heteroatoms. The van der Waals surface area contributed by atoms with E-state index in [0.717, 1.165) is 15.8 Å². The summed E-state index contributed by atoms with van der Waals surface area (Å²) >= 11 is 1.57. The maximum absolute atomic E-state index is 11.5. The molecule has 1 aliphatic carbocycles. The predicted octanol–water partition coefficient (Wildman–Crippen LogP) is 2.54. The molecule has 3 rings (SSSR count). The SMILES string of the molecule is CC(=O)C1=C(C)N2C(=N[C@H]3CCCC[C@H]32)S1. The molecule has 1 saturated carbocycles. The number of hydrogen-bond acceptors (Lipinski definition) is 4. The van der Waals surface area contributed by atoms with Gasteiger partial charge >= 0.3 is 0 Å². The first kappa shape index (κ1) is 10.4. The third-order valence-corrected chi connectivity index (χ3v) is 4.98. The maximum Gasteiger partial charge on any atom is 0.169 e. The van der Waals surface area contributed by atoms with Crippen molar-refractivity contribution in [3.05, 3.63) is 10.6 Å².